The van der Waals surface area contributed by atoms with Crippen LogP contribution in [0, 0.1) is 5.92 Å². The molecule has 0 amide bonds. The summed E-state index contributed by atoms with van der Waals surface area (Å²) < 4.78 is 5.96. The second-order valence-electron chi connectivity index (χ2n) is 7.53. The van der Waals surface area contributed by atoms with Gasteiger partial charge in [0.1, 0.15) is 6.10 Å². The molecule has 29 heavy (non-hydrogen) atoms. The molecule has 0 spiro atoms. The summed E-state index contributed by atoms with van der Waals surface area (Å²) in [5.41, 5.74) is 0.701. The molecule has 3 rings (SSSR count). The third kappa shape index (κ3) is 6.95. The number of Topliss-reactive ketones (excluding diaryl/α,β-unsaturated/α-hetero) is 1. The number of carbonyl (C=O) groups is 2. The van der Waals surface area contributed by atoms with Gasteiger partial charge in [-0.05, 0) is 37.1 Å². The van der Waals surface area contributed by atoms with E-state index in [0.717, 1.165) is 17.7 Å². The Morgan fingerprint density at radius 3 is 2.48 bits per heavy atom. The van der Waals surface area contributed by atoms with Crippen LogP contribution in [0.1, 0.15) is 60.2 Å². The normalized spacial score (nSPS) is 16.4. The number of hydrogen-bond donors (Lipinski definition) is 1. The van der Waals surface area contributed by atoms with Crippen LogP contribution in [0.2, 0.25) is 0 Å². The van der Waals surface area contributed by atoms with Gasteiger partial charge in [-0.15, -0.1) is 23.7 Å². The first kappa shape index (κ1) is 23.6. The molecule has 0 radical (unpaired) electrons. The van der Waals surface area contributed by atoms with Crippen molar-refractivity contribution in [2.45, 2.75) is 51.0 Å². The zero-order valence-electron chi connectivity index (χ0n) is 16.8. The number of ketones is 1. The van der Waals surface area contributed by atoms with Gasteiger partial charge in [0.05, 0.1) is 12.5 Å². The molecule has 0 bridgehead atoms. The number of carbonyl (C=O) groups excluding carboxylic acids is 2. The lowest BCUT2D eigenvalue weighted by atomic mass is 9.85. The number of nitrogens with one attached hydrogen (secondary N) is 1. The van der Waals surface area contributed by atoms with E-state index >= 15 is 0 Å². The fraction of sp³-hybridized carbons (Fsp3) is 0.478. The van der Waals surface area contributed by atoms with Gasteiger partial charge < -0.3 is 10.1 Å². The number of esters is 1. The van der Waals surface area contributed by atoms with Crippen LogP contribution in [0.5, 0.6) is 0 Å². The molecule has 1 aromatic carbocycles. The molecule has 1 aliphatic carbocycles. The average Bonchev–Trinajstić information content (AvgIpc) is 3.28. The highest BCUT2D eigenvalue weighted by molar-refractivity contribution is 7.10. The minimum Gasteiger partial charge on any atom is -0.460 e. The van der Waals surface area contributed by atoms with E-state index in [-0.39, 0.29) is 42.7 Å². The highest BCUT2D eigenvalue weighted by Gasteiger charge is 2.29. The number of benzene rings is 1. The van der Waals surface area contributed by atoms with Crippen molar-refractivity contribution in [3.63, 3.8) is 0 Å². The Morgan fingerprint density at radius 2 is 1.83 bits per heavy atom. The molecule has 1 unspecified atom stereocenters. The van der Waals surface area contributed by atoms with Crippen LogP contribution in [-0.4, -0.2) is 30.9 Å². The molecule has 1 heterocycles. The lowest BCUT2D eigenvalue weighted by Gasteiger charge is -2.31. The van der Waals surface area contributed by atoms with E-state index < -0.39 is 0 Å². The fourth-order valence-electron chi connectivity index (χ4n) is 3.77. The molecule has 1 aliphatic rings. The summed E-state index contributed by atoms with van der Waals surface area (Å²) in [7, 11) is 0. The third-order valence-electron chi connectivity index (χ3n) is 5.49. The zero-order valence-corrected chi connectivity index (χ0v) is 18.5. The number of ether oxygens (including phenoxy) is 1. The van der Waals surface area contributed by atoms with Gasteiger partial charge in [0.25, 0.3) is 0 Å². The van der Waals surface area contributed by atoms with E-state index in [1.807, 2.05) is 54.8 Å². The Labute approximate surface area is 183 Å². The first-order valence-electron chi connectivity index (χ1n) is 10.2. The standard InChI is InChI=1S/C23H29NO3S.ClH/c1-17(22-13-8-14-28-22)23(26)27-21(19-11-6-3-7-12-19)16-24-15-20(25)18-9-4-2-5-10-18;/h2,4-5,8-10,13-14,17,19,21,24H,3,6-7,11-12,15-16H2,1H3;1H/t17?,21-;/m0./s1. The van der Waals surface area contributed by atoms with Crippen LogP contribution in [0.15, 0.2) is 47.8 Å². The van der Waals surface area contributed by atoms with Gasteiger partial charge in [0.2, 0.25) is 0 Å². The largest absolute Gasteiger partial charge is 0.460 e. The predicted octanol–water partition coefficient (Wildman–Crippen LogP) is 5.24. The Balaban J connectivity index is 0.00000300. The lowest BCUT2D eigenvalue weighted by molar-refractivity contribution is -0.153. The molecule has 2 atom stereocenters. The van der Waals surface area contributed by atoms with E-state index in [9.17, 15) is 9.59 Å². The summed E-state index contributed by atoms with van der Waals surface area (Å²) in [5.74, 6) is 0.0000815. The van der Waals surface area contributed by atoms with Crippen molar-refractivity contribution >= 4 is 35.5 Å². The summed E-state index contributed by atoms with van der Waals surface area (Å²) in [6, 6.07) is 13.2. The van der Waals surface area contributed by atoms with Crippen molar-refractivity contribution in [2.75, 3.05) is 13.1 Å². The Bertz CT molecular complexity index is 745. The van der Waals surface area contributed by atoms with Crippen molar-refractivity contribution in [3.05, 3.63) is 58.3 Å². The summed E-state index contributed by atoms with van der Waals surface area (Å²) in [6.45, 7) is 2.68. The second kappa shape index (κ2) is 12.1. The summed E-state index contributed by atoms with van der Waals surface area (Å²) >= 11 is 1.58. The zero-order chi connectivity index (χ0) is 19.8. The molecule has 1 fully saturated rings. The van der Waals surface area contributed by atoms with Crippen molar-refractivity contribution in [1.29, 1.82) is 0 Å². The Kier molecular flexibility index (Phi) is 9.85. The minimum atomic E-state index is -0.253. The fourth-order valence-corrected chi connectivity index (χ4v) is 4.54. The van der Waals surface area contributed by atoms with E-state index in [1.165, 1.54) is 19.3 Å². The molecule has 4 nitrogen and oxygen atoms in total. The third-order valence-corrected chi connectivity index (χ3v) is 6.55. The van der Waals surface area contributed by atoms with E-state index in [4.69, 9.17) is 4.74 Å². The van der Waals surface area contributed by atoms with E-state index in [0.29, 0.717) is 18.0 Å². The van der Waals surface area contributed by atoms with Crippen molar-refractivity contribution < 1.29 is 14.3 Å². The molecule has 158 valence electrons. The predicted molar refractivity (Wildman–Crippen MR) is 120 cm³/mol. The van der Waals surface area contributed by atoms with Gasteiger partial charge in [-0.1, -0.05) is 55.7 Å². The van der Waals surface area contributed by atoms with Gasteiger partial charge in [-0.25, -0.2) is 0 Å². The smallest absolute Gasteiger partial charge is 0.314 e. The van der Waals surface area contributed by atoms with Crippen LogP contribution in [-0.2, 0) is 9.53 Å². The molecule has 1 aromatic heterocycles. The number of rotatable bonds is 9. The molecule has 6 heteroatoms. The molecule has 0 saturated heterocycles. The van der Waals surface area contributed by atoms with Crippen molar-refractivity contribution in [1.82, 2.24) is 5.32 Å². The quantitative estimate of drug-likeness (QED) is 0.432. The van der Waals surface area contributed by atoms with Gasteiger partial charge in [0.15, 0.2) is 5.78 Å². The maximum atomic E-state index is 12.7. The molecular weight excluding hydrogens is 406 g/mol. The van der Waals surface area contributed by atoms with E-state index in [2.05, 4.69) is 5.32 Å². The van der Waals surface area contributed by atoms with Gasteiger partial charge in [-0.3, -0.25) is 9.59 Å². The molecule has 2 aromatic rings. The minimum absolute atomic E-state index is 0. The van der Waals surface area contributed by atoms with Crippen LogP contribution in [0.25, 0.3) is 0 Å². The van der Waals surface area contributed by atoms with Crippen LogP contribution < -0.4 is 5.32 Å². The average molecular weight is 436 g/mol. The topological polar surface area (TPSA) is 55.4 Å². The monoisotopic (exact) mass is 435 g/mol. The van der Waals surface area contributed by atoms with E-state index in [1.54, 1.807) is 11.3 Å². The van der Waals surface area contributed by atoms with Crippen molar-refractivity contribution in [3.8, 4) is 0 Å². The summed E-state index contributed by atoms with van der Waals surface area (Å²) in [4.78, 5) is 26.0. The molecule has 1 N–H and O–H groups in total. The first-order valence-corrected chi connectivity index (χ1v) is 11.1. The van der Waals surface area contributed by atoms with Crippen molar-refractivity contribution in [2.24, 2.45) is 5.92 Å². The number of hydrogen-bond acceptors (Lipinski definition) is 5. The Morgan fingerprint density at radius 1 is 1.10 bits per heavy atom. The molecule has 0 aliphatic heterocycles. The maximum Gasteiger partial charge on any atom is 0.314 e. The number of thiophene rings is 1. The summed E-state index contributed by atoms with van der Waals surface area (Å²) in [5, 5.41) is 5.22. The highest BCUT2D eigenvalue weighted by atomic mass is 35.5. The molecule has 1 saturated carbocycles. The van der Waals surface area contributed by atoms with Crippen LogP contribution in [0.4, 0.5) is 0 Å². The lowest BCUT2D eigenvalue weighted by Crippen LogP contribution is -2.40. The SMILES string of the molecule is CC(C(=O)O[C@@H](CNCC(=O)c1ccccc1)C1CCCCC1)c1cccs1.Cl. The first-order chi connectivity index (χ1) is 13.6. The van der Waals surface area contributed by atoms with Gasteiger partial charge in [0, 0.05) is 17.0 Å². The van der Waals surface area contributed by atoms with Gasteiger partial charge >= 0.3 is 5.97 Å². The number of halogens is 1. The van der Waals surface area contributed by atoms with Crippen LogP contribution in [0.3, 0.4) is 0 Å². The highest BCUT2D eigenvalue weighted by Crippen LogP contribution is 2.30. The van der Waals surface area contributed by atoms with Crippen LogP contribution >= 0.6 is 23.7 Å². The Hall–Kier alpha value is -1.69. The summed E-state index contributed by atoms with van der Waals surface area (Å²) in [6.07, 6.45) is 5.60. The maximum absolute atomic E-state index is 12.7. The van der Waals surface area contributed by atoms with Gasteiger partial charge in [-0.2, -0.15) is 0 Å². The molecular formula is C23H30ClNO3S. The second-order valence-corrected chi connectivity index (χ2v) is 8.51.